The molecule has 38 heavy (non-hydrogen) atoms. The first-order chi connectivity index (χ1) is 18.4. The lowest BCUT2D eigenvalue weighted by atomic mass is 9.94. The molecule has 0 bridgehead atoms. The summed E-state index contributed by atoms with van der Waals surface area (Å²) < 4.78 is 44.9. The number of rotatable bonds is 8. The molecule has 0 spiro atoms. The topological polar surface area (TPSA) is 97.4 Å². The van der Waals surface area contributed by atoms with Crippen LogP contribution < -0.4 is 19.5 Å². The van der Waals surface area contributed by atoms with Crippen molar-refractivity contribution in [3.8, 4) is 17.2 Å². The Kier molecular flexibility index (Phi) is 6.57. The van der Waals surface area contributed by atoms with Crippen LogP contribution in [0.3, 0.4) is 0 Å². The molecule has 202 valence electrons. The van der Waals surface area contributed by atoms with Gasteiger partial charge in [-0.1, -0.05) is 12.1 Å². The van der Waals surface area contributed by atoms with Crippen LogP contribution in [0, 0.1) is 0 Å². The smallest absolute Gasteiger partial charge is 0.243 e. The second-order valence-electron chi connectivity index (χ2n) is 10.4. The molecule has 1 fully saturated rings. The lowest BCUT2D eigenvalue weighted by Crippen LogP contribution is -2.40. The van der Waals surface area contributed by atoms with Gasteiger partial charge in [-0.25, -0.2) is 8.42 Å². The second-order valence-corrected chi connectivity index (χ2v) is 12.3. The first kappa shape index (κ1) is 25.2. The number of hydrogen-bond acceptors (Lipinski definition) is 7. The minimum Gasteiger partial charge on any atom is -0.496 e. The standard InChI is InChI=1S/C28H33N3O6S/c1-29-13-24(19-5-7-25(35-2)23(11-19)18-3-4-18)28(32)30-14-20-16-31(17-21(20)15-30)38(33,34)22-6-8-26-27(12-22)37-10-9-36-26/h5-8,11-12,18,24,29H,3-4,9-10,13-17H2,1-2H3/t24-/m1/s1. The van der Waals surface area contributed by atoms with Crippen LogP contribution in [0.2, 0.25) is 0 Å². The van der Waals surface area contributed by atoms with Crippen molar-refractivity contribution in [2.45, 2.75) is 29.6 Å². The summed E-state index contributed by atoms with van der Waals surface area (Å²) in [6.07, 6.45) is 2.30. The summed E-state index contributed by atoms with van der Waals surface area (Å²) in [4.78, 5) is 15.8. The average molecular weight is 540 g/mol. The van der Waals surface area contributed by atoms with E-state index in [1.807, 2.05) is 24.1 Å². The van der Waals surface area contributed by atoms with Gasteiger partial charge in [-0.15, -0.1) is 0 Å². The number of ether oxygens (including phenoxy) is 3. The quantitative estimate of drug-likeness (QED) is 0.515. The number of nitrogens with zero attached hydrogens (tertiary/aromatic N) is 2. The Labute approximate surface area is 223 Å². The molecule has 1 N–H and O–H groups in total. The molecule has 1 aliphatic carbocycles. The van der Waals surface area contributed by atoms with Gasteiger partial charge in [0.15, 0.2) is 11.5 Å². The van der Waals surface area contributed by atoms with Crippen molar-refractivity contribution in [3.05, 3.63) is 58.7 Å². The van der Waals surface area contributed by atoms with Gasteiger partial charge in [0.25, 0.3) is 0 Å². The van der Waals surface area contributed by atoms with Gasteiger partial charge in [0.1, 0.15) is 19.0 Å². The van der Waals surface area contributed by atoms with Crippen LogP contribution in [0.1, 0.15) is 35.8 Å². The molecule has 1 amide bonds. The van der Waals surface area contributed by atoms with Crippen molar-refractivity contribution >= 4 is 15.9 Å². The summed E-state index contributed by atoms with van der Waals surface area (Å²) in [6, 6.07) is 10.8. The number of carbonyl (C=O) groups is 1. The highest BCUT2D eigenvalue weighted by Gasteiger charge is 2.39. The van der Waals surface area contributed by atoms with Crippen molar-refractivity contribution in [2.75, 3.05) is 60.1 Å². The van der Waals surface area contributed by atoms with Crippen molar-refractivity contribution in [3.63, 3.8) is 0 Å². The highest BCUT2D eigenvalue weighted by molar-refractivity contribution is 7.89. The number of sulfonamides is 1. The van der Waals surface area contributed by atoms with Crippen LogP contribution in [0.5, 0.6) is 17.2 Å². The van der Waals surface area contributed by atoms with Gasteiger partial charge >= 0.3 is 0 Å². The second kappa shape index (κ2) is 9.91. The number of hydrogen-bond donors (Lipinski definition) is 1. The summed E-state index contributed by atoms with van der Waals surface area (Å²) in [5, 5.41) is 3.18. The van der Waals surface area contributed by atoms with Gasteiger partial charge in [-0.05, 0) is 66.3 Å². The van der Waals surface area contributed by atoms with E-state index in [1.54, 1.807) is 19.2 Å². The van der Waals surface area contributed by atoms with Gasteiger partial charge < -0.3 is 24.4 Å². The number of fused-ring (bicyclic) bond motifs is 1. The van der Waals surface area contributed by atoms with Gasteiger partial charge in [0, 0.05) is 38.8 Å². The maximum atomic E-state index is 13.7. The molecule has 0 unspecified atom stereocenters. The Morgan fingerprint density at radius 3 is 2.39 bits per heavy atom. The number of carbonyl (C=O) groups excluding carboxylic acids is 1. The molecule has 9 nitrogen and oxygen atoms in total. The van der Waals surface area contributed by atoms with Crippen LogP contribution in [-0.4, -0.2) is 83.6 Å². The molecule has 2 aromatic carbocycles. The molecule has 2 aromatic rings. The third-order valence-corrected chi connectivity index (χ3v) is 9.63. The van der Waals surface area contributed by atoms with E-state index >= 15 is 0 Å². The van der Waals surface area contributed by atoms with Gasteiger partial charge in [-0.3, -0.25) is 4.79 Å². The Hall–Kier alpha value is -3.08. The number of benzene rings is 2. The molecule has 1 saturated carbocycles. The van der Waals surface area contributed by atoms with Crippen LogP contribution in [0.4, 0.5) is 0 Å². The summed E-state index contributed by atoms with van der Waals surface area (Å²) in [7, 11) is -0.161. The normalized spacial score (nSPS) is 20.0. The summed E-state index contributed by atoms with van der Waals surface area (Å²) in [5.74, 6) is 2.14. The van der Waals surface area contributed by atoms with E-state index in [9.17, 15) is 13.2 Å². The minimum absolute atomic E-state index is 0.0573. The molecule has 0 aromatic heterocycles. The zero-order valence-corrected chi connectivity index (χ0v) is 22.6. The molecule has 0 saturated heterocycles. The van der Waals surface area contributed by atoms with E-state index in [-0.39, 0.29) is 16.7 Å². The molecular formula is C28H33N3O6S. The molecule has 1 atom stereocenters. The average Bonchev–Trinajstić information content (AvgIpc) is 3.58. The van der Waals surface area contributed by atoms with Crippen LogP contribution in [-0.2, 0) is 14.8 Å². The Morgan fingerprint density at radius 1 is 1.03 bits per heavy atom. The highest BCUT2D eigenvalue weighted by atomic mass is 32.2. The maximum absolute atomic E-state index is 13.7. The lowest BCUT2D eigenvalue weighted by molar-refractivity contribution is -0.131. The van der Waals surface area contributed by atoms with E-state index in [0.29, 0.717) is 63.4 Å². The SMILES string of the molecule is CNC[C@@H](C(=O)N1CC2=C(C1)CN(S(=O)(=O)c1ccc3c(c1)OCCO3)C2)c1ccc(OC)c(C2CC2)c1. The fraction of sp³-hybridized carbons (Fsp3) is 0.464. The number of nitrogens with one attached hydrogen (secondary N) is 1. The molecule has 4 aliphatic rings. The van der Waals surface area contributed by atoms with Gasteiger partial charge in [0.2, 0.25) is 15.9 Å². The molecule has 3 heterocycles. The van der Waals surface area contributed by atoms with E-state index in [2.05, 4.69) is 11.4 Å². The van der Waals surface area contributed by atoms with E-state index in [0.717, 1.165) is 35.3 Å². The fourth-order valence-corrected chi connectivity index (χ4v) is 7.11. The first-order valence-corrected chi connectivity index (χ1v) is 14.5. The lowest BCUT2D eigenvalue weighted by Gasteiger charge is -2.27. The predicted molar refractivity (Wildman–Crippen MR) is 141 cm³/mol. The van der Waals surface area contributed by atoms with E-state index in [1.165, 1.54) is 15.9 Å². The molecule has 10 heteroatoms. The summed E-state index contributed by atoms with van der Waals surface area (Å²) >= 11 is 0. The monoisotopic (exact) mass is 539 g/mol. The van der Waals surface area contributed by atoms with Crippen molar-refractivity contribution in [1.82, 2.24) is 14.5 Å². The maximum Gasteiger partial charge on any atom is 0.243 e. The van der Waals surface area contributed by atoms with Crippen molar-refractivity contribution < 1.29 is 27.4 Å². The summed E-state index contributed by atoms with van der Waals surface area (Å²) in [5.41, 5.74) is 4.19. The molecule has 3 aliphatic heterocycles. The largest absolute Gasteiger partial charge is 0.496 e. The number of likely N-dealkylation sites (N-methyl/N-ethyl adjacent to an activating group) is 1. The predicted octanol–water partition coefficient (Wildman–Crippen LogP) is 2.49. The third kappa shape index (κ3) is 4.54. The van der Waals surface area contributed by atoms with Crippen molar-refractivity contribution in [2.24, 2.45) is 0 Å². The van der Waals surface area contributed by atoms with E-state index in [4.69, 9.17) is 14.2 Å². The molecular weight excluding hydrogens is 506 g/mol. The van der Waals surface area contributed by atoms with Gasteiger partial charge in [0.05, 0.1) is 17.9 Å². The van der Waals surface area contributed by atoms with Crippen LogP contribution in [0.25, 0.3) is 0 Å². The fourth-order valence-electron chi connectivity index (χ4n) is 5.66. The number of methoxy groups -OCH3 is 1. The van der Waals surface area contributed by atoms with E-state index < -0.39 is 10.0 Å². The Balaban J connectivity index is 1.15. The first-order valence-electron chi connectivity index (χ1n) is 13.1. The van der Waals surface area contributed by atoms with Gasteiger partial charge in [-0.2, -0.15) is 4.31 Å². The molecule has 0 radical (unpaired) electrons. The zero-order valence-electron chi connectivity index (χ0n) is 21.7. The minimum atomic E-state index is -3.70. The molecule has 6 rings (SSSR count). The zero-order chi connectivity index (χ0) is 26.4. The third-order valence-electron chi connectivity index (χ3n) is 7.84. The van der Waals surface area contributed by atoms with Crippen LogP contribution >= 0.6 is 0 Å². The Bertz CT molecular complexity index is 1380. The Morgan fingerprint density at radius 2 is 1.74 bits per heavy atom. The van der Waals surface area contributed by atoms with Crippen molar-refractivity contribution in [1.29, 1.82) is 0 Å². The van der Waals surface area contributed by atoms with Crippen LogP contribution in [0.15, 0.2) is 52.4 Å². The number of amides is 1. The summed E-state index contributed by atoms with van der Waals surface area (Å²) in [6.45, 7) is 2.86. The highest BCUT2D eigenvalue weighted by Crippen LogP contribution is 2.45.